The summed E-state index contributed by atoms with van der Waals surface area (Å²) in [5.74, 6) is -0.373. The third kappa shape index (κ3) is 3.74. The van der Waals surface area contributed by atoms with Crippen LogP contribution in [-0.2, 0) is 4.79 Å². The van der Waals surface area contributed by atoms with E-state index in [9.17, 15) is 9.90 Å². The molecule has 0 atom stereocenters. The van der Waals surface area contributed by atoms with Crippen LogP contribution < -0.4 is 5.73 Å². The third-order valence-corrected chi connectivity index (χ3v) is 7.73. The lowest BCUT2D eigenvalue weighted by atomic mass is 9.80. The number of rotatable bonds is 4. The van der Waals surface area contributed by atoms with Gasteiger partial charge in [0.2, 0.25) is 0 Å². The van der Waals surface area contributed by atoms with Crippen LogP contribution in [0.2, 0.25) is 0 Å². The maximum Gasteiger partial charge on any atom is 0.306 e. The summed E-state index contributed by atoms with van der Waals surface area (Å²) >= 11 is 3.61. The number of halogens is 1. The van der Waals surface area contributed by atoms with E-state index in [-0.39, 0.29) is 11.8 Å². The summed E-state index contributed by atoms with van der Waals surface area (Å²) in [5, 5.41) is 21.9. The molecule has 0 radical (unpaired) electrons. The molecule has 4 aromatic heterocycles. The Kier molecular flexibility index (Phi) is 5.25. The van der Waals surface area contributed by atoms with Gasteiger partial charge in [0.05, 0.1) is 39.7 Å². The molecule has 176 valence electrons. The van der Waals surface area contributed by atoms with Gasteiger partial charge in [-0.2, -0.15) is 14.7 Å². The van der Waals surface area contributed by atoms with E-state index < -0.39 is 5.97 Å². The van der Waals surface area contributed by atoms with Crippen molar-refractivity contribution in [2.75, 3.05) is 5.73 Å². The van der Waals surface area contributed by atoms with Crippen molar-refractivity contribution in [3.63, 3.8) is 0 Å². The molecule has 4 N–H and O–H groups in total. The highest BCUT2D eigenvalue weighted by Gasteiger charge is 2.30. The highest BCUT2D eigenvalue weighted by Crippen LogP contribution is 2.40. The Morgan fingerprint density at radius 2 is 1.89 bits per heavy atom. The summed E-state index contributed by atoms with van der Waals surface area (Å²) in [7, 11) is 0. The zero-order valence-corrected chi connectivity index (χ0v) is 20.2. The molecule has 0 saturated heterocycles. The molecule has 35 heavy (non-hydrogen) atoms. The van der Waals surface area contributed by atoms with E-state index in [0.29, 0.717) is 24.3 Å². The van der Waals surface area contributed by atoms with Crippen molar-refractivity contribution < 1.29 is 9.90 Å². The van der Waals surface area contributed by atoms with Crippen molar-refractivity contribution in [1.29, 1.82) is 0 Å². The third-order valence-electron chi connectivity index (χ3n) is 6.92. The van der Waals surface area contributed by atoms with Crippen LogP contribution in [0, 0.1) is 5.92 Å². The number of aromatic amines is 1. The second-order valence-electron chi connectivity index (χ2n) is 8.98. The topological polar surface area (TPSA) is 135 Å². The van der Waals surface area contributed by atoms with Crippen LogP contribution in [-0.4, -0.2) is 40.9 Å². The van der Waals surface area contributed by atoms with E-state index in [4.69, 9.17) is 10.7 Å². The van der Waals surface area contributed by atoms with E-state index in [1.165, 1.54) is 0 Å². The van der Waals surface area contributed by atoms with Gasteiger partial charge in [-0.05, 0) is 59.8 Å². The molecular formula is C25H22BrN7O2. The van der Waals surface area contributed by atoms with E-state index in [1.54, 1.807) is 16.9 Å². The van der Waals surface area contributed by atoms with E-state index in [0.717, 1.165) is 56.3 Å². The molecule has 0 bridgehead atoms. The molecule has 0 amide bonds. The van der Waals surface area contributed by atoms with Gasteiger partial charge in [0.1, 0.15) is 5.82 Å². The molecule has 0 unspecified atom stereocenters. The number of benzene rings is 1. The number of hydrogen-bond donors (Lipinski definition) is 3. The maximum atomic E-state index is 11.4. The highest BCUT2D eigenvalue weighted by molar-refractivity contribution is 9.10. The van der Waals surface area contributed by atoms with E-state index in [1.807, 2.05) is 30.5 Å². The predicted molar refractivity (Wildman–Crippen MR) is 136 cm³/mol. The molecule has 9 nitrogen and oxygen atoms in total. The summed E-state index contributed by atoms with van der Waals surface area (Å²) < 4.78 is 2.36. The Hall–Kier alpha value is -3.79. The molecule has 1 aliphatic rings. The van der Waals surface area contributed by atoms with Gasteiger partial charge in [-0.1, -0.05) is 12.1 Å². The second kappa shape index (κ2) is 8.46. The van der Waals surface area contributed by atoms with Crippen molar-refractivity contribution >= 4 is 44.3 Å². The summed E-state index contributed by atoms with van der Waals surface area (Å²) in [5.41, 5.74) is 12.5. The number of anilines is 1. The number of nitrogens with zero attached hydrogens (tertiary/aromatic N) is 5. The van der Waals surface area contributed by atoms with Gasteiger partial charge < -0.3 is 10.8 Å². The minimum atomic E-state index is -0.718. The van der Waals surface area contributed by atoms with E-state index >= 15 is 0 Å². The van der Waals surface area contributed by atoms with Crippen molar-refractivity contribution in [3.05, 3.63) is 59.1 Å². The Bertz CT molecular complexity index is 1570. The van der Waals surface area contributed by atoms with Crippen LogP contribution >= 0.6 is 15.9 Å². The van der Waals surface area contributed by atoms with Crippen LogP contribution in [0.4, 0.5) is 5.82 Å². The van der Waals surface area contributed by atoms with E-state index in [2.05, 4.69) is 42.3 Å². The van der Waals surface area contributed by atoms with Crippen LogP contribution in [0.3, 0.4) is 0 Å². The van der Waals surface area contributed by atoms with Gasteiger partial charge in [-0.25, -0.2) is 4.98 Å². The van der Waals surface area contributed by atoms with Gasteiger partial charge in [0, 0.05) is 34.2 Å². The fraction of sp³-hybridized carbons (Fsp3) is 0.240. The SMILES string of the molecule is Nc1c(Br)c([C@H]2CC[C@H](C(=O)O)CC2)nc2c(-c3ccc(-c4ccc5[nH]ncc5c4)nc3)cnn12. The Morgan fingerprint density at radius 3 is 2.63 bits per heavy atom. The van der Waals surface area contributed by atoms with Crippen molar-refractivity contribution in [2.24, 2.45) is 5.92 Å². The molecule has 5 aromatic rings. The number of hydrogen-bond acceptors (Lipinski definition) is 6. The summed E-state index contributed by atoms with van der Waals surface area (Å²) in [4.78, 5) is 21.0. The Balaban J connectivity index is 1.35. The first-order valence-electron chi connectivity index (χ1n) is 11.4. The average molecular weight is 532 g/mol. The fourth-order valence-corrected chi connectivity index (χ4v) is 5.51. The molecule has 1 aliphatic carbocycles. The first-order chi connectivity index (χ1) is 17.0. The molecular weight excluding hydrogens is 510 g/mol. The molecule has 6 rings (SSSR count). The average Bonchev–Trinajstić information content (AvgIpc) is 3.53. The number of nitrogen functional groups attached to an aromatic ring is 1. The molecule has 4 heterocycles. The largest absolute Gasteiger partial charge is 0.481 e. The molecule has 0 aliphatic heterocycles. The zero-order chi connectivity index (χ0) is 24.1. The fourth-order valence-electron chi connectivity index (χ4n) is 4.93. The standard InChI is InChI=1S/C25H22BrN7O2/c26-21-22(13-1-3-14(4-2-13)25(34)35)31-24-18(12-30-33(24)23(21)27)16-6-7-19(28-10-16)15-5-8-20-17(9-15)11-29-32-20/h5-14H,1-4,27H2,(H,29,32)(H,34,35)/t13-,14-. The van der Waals surface area contributed by atoms with Crippen molar-refractivity contribution in [1.82, 2.24) is 29.8 Å². The maximum absolute atomic E-state index is 11.4. The summed E-state index contributed by atoms with van der Waals surface area (Å²) in [6, 6.07) is 10.1. The number of fused-ring (bicyclic) bond motifs is 2. The first kappa shape index (κ1) is 21.7. The number of carboxylic acid groups (broad SMARTS) is 1. The van der Waals surface area contributed by atoms with Crippen molar-refractivity contribution in [2.45, 2.75) is 31.6 Å². The lowest BCUT2D eigenvalue weighted by Gasteiger charge is -2.26. The normalized spacial score (nSPS) is 18.3. The smallest absolute Gasteiger partial charge is 0.306 e. The number of carboxylic acids is 1. The predicted octanol–water partition coefficient (Wildman–Crippen LogP) is 5.04. The lowest BCUT2D eigenvalue weighted by molar-refractivity contribution is -0.142. The van der Waals surface area contributed by atoms with Crippen LogP contribution in [0.5, 0.6) is 0 Å². The molecule has 1 fully saturated rings. The molecule has 1 aromatic carbocycles. The number of nitrogens with two attached hydrogens (primary N) is 1. The zero-order valence-electron chi connectivity index (χ0n) is 18.6. The number of aliphatic carboxylic acids is 1. The minimum Gasteiger partial charge on any atom is -0.481 e. The molecule has 0 spiro atoms. The number of H-pyrrole nitrogens is 1. The number of aromatic nitrogens is 6. The number of nitrogens with one attached hydrogen (secondary N) is 1. The first-order valence-corrected chi connectivity index (χ1v) is 12.2. The molecule has 1 saturated carbocycles. The van der Waals surface area contributed by atoms with Gasteiger partial charge in [-0.15, -0.1) is 0 Å². The quantitative estimate of drug-likeness (QED) is 0.295. The highest BCUT2D eigenvalue weighted by atomic mass is 79.9. The minimum absolute atomic E-state index is 0.147. The van der Waals surface area contributed by atoms with Gasteiger partial charge in [0.25, 0.3) is 0 Å². The number of carbonyl (C=O) groups is 1. The Morgan fingerprint density at radius 1 is 1.09 bits per heavy atom. The second-order valence-corrected chi connectivity index (χ2v) is 9.77. The number of pyridine rings is 1. The molecule has 10 heteroatoms. The monoisotopic (exact) mass is 531 g/mol. The van der Waals surface area contributed by atoms with Crippen molar-refractivity contribution in [3.8, 4) is 22.4 Å². The van der Waals surface area contributed by atoms with Gasteiger partial charge in [0.15, 0.2) is 5.65 Å². The Labute approximate surface area is 208 Å². The lowest BCUT2D eigenvalue weighted by Crippen LogP contribution is -2.21. The van der Waals surface area contributed by atoms with Gasteiger partial charge >= 0.3 is 5.97 Å². The van der Waals surface area contributed by atoms with Crippen LogP contribution in [0.25, 0.3) is 38.9 Å². The van der Waals surface area contributed by atoms with Crippen LogP contribution in [0.15, 0.2) is 53.4 Å². The van der Waals surface area contributed by atoms with Gasteiger partial charge in [-0.3, -0.25) is 14.9 Å². The summed E-state index contributed by atoms with van der Waals surface area (Å²) in [6.07, 6.45) is 8.18. The van der Waals surface area contributed by atoms with Crippen LogP contribution in [0.1, 0.15) is 37.3 Å². The summed E-state index contributed by atoms with van der Waals surface area (Å²) in [6.45, 7) is 0.